The maximum atomic E-state index is 13.0. The Morgan fingerprint density at radius 3 is 2.30 bits per heavy atom. The van der Waals surface area contributed by atoms with Gasteiger partial charge < -0.3 is 10.4 Å². The first-order valence-electron chi connectivity index (χ1n) is 5.17. The number of rotatable bonds is 3. The zero-order valence-corrected chi connectivity index (χ0v) is 10.4. The SMILES string of the molecule is O=C(Nc1sccc1C(=O)O)c1cc(F)c(F)c(F)c1. The number of amides is 1. The molecule has 0 radical (unpaired) electrons. The van der Waals surface area contributed by atoms with Crippen LogP contribution in [0.5, 0.6) is 0 Å². The first kappa shape index (κ1) is 14.1. The Bertz CT molecular complexity index is 676. The molecule has 0 bridgehead atoms. The van der Waals surface area contributed by atoms with E-state index in [-0.39, 0.29) is 10.6 Å². The van der Waals surface area contributed by atoms with Gasteiger partial charge in [0.15, 0.2) is 17.5 Å². The van der Waals surface area contributed by atoms with Crippen molar-refractivity contribution in [1.82, 2.24) is 0 Å². The molecule has 0 saturated carbocycles. The topological polar surface area (TPSA) is 66.4 Å². The van der Waals surface area contributed by atoms with Crippen molar-refractivity contribution in [2.24, 2.45) is 0 Å². The molecule has 0 spiro atoms. The van der Waals surface area contributed by atoms with Crippen LogP contribution in [0.15, 0.2) is 23.6 Å². The minimum absolute atomic E-state index is 0.0210. The van der Waals surface area contributed by atoms with Crippen molar-refractivity contribution >= 4 is 28.2 Å². The number of nitrogens with one attached hydrogen (secondary N) is 1. The van der Waals surface area contributed by atoms with Crippen LogP contribution in [-0.4, -0.2) is 17.0 Å². The maximum absolute atomic E-state index is 13.0. The van der Waals surface area contributed by atoms with Gasteiger partial charge in [0.25, 0.3) is 5.91 Å². The Kier molecular flexibility index (Phi) is 3.75. The van der Waals surface area contributed by atoms with E-state index in [0.717, 1.165) is 11.3 Å². The second-order valence-electron chi connectivity index (χ2n) is 3.68. The fourth-order valence-electron chi connectivity index (χ4n) is 1.44. The molecule has 1 heterocycles. The van der Waals surface area contributed by atoms with Crippen molar-refractivity contribution in [1.29, 1.82) is 0 Å². The molecule has 1 aromatic heterocycles. The highest BCUT2D eigenvalue weighted by Gasteiger charge is 2.18. The normalized spacial score (nSPS) is 10.3. The number of carbonyl (C=O) groups is 2. The number of hydrogen-bond donors (Lipinski definition) is 2. The van der Waals surface area contributed by atoms with E-state index in [1.807, 2.05) is 0 Å². The summed E-state index contributed by atoms with van der Waals surface area (Å²) in [6, 6.07) is 2.33. The van der Waals surface area contributed by atoms with E-state index in [1.165, 1.54) is 11.4 Å². The minimum atomic E-state index is -1.68. The summed E-state index contributed by atoms with van der Waals surface area (Å²) in [6.07, 6.45) is 0. The summed E-state index contributed by atoms with van der Waals surface area (Å²) in [5.74, 6) is -6.87. The summed E-state index contributed by atoms with van der Waals surface area (Å²) < 4.78 is 38.8. The lowest BCUT2D eigenvalue weighted by atomic mass is 10.2. The van der Waals surface area contributed by atoms with Gasteiger partial charge in [0.1, 0.15) is 5.00 Å². The van der Waals surface area contributed by atoms with E-state index in [0.29, 0.717) is 12.1 Å². The minimum Gasteiger partial charge on any atom is -0.478 e. The molecule has 0 atom stereocenters. The number of halogens is 3. The van der Waals surface area contributed by atoms with E-state index in [2.05, 4.69) is 5.32 Å². The number of benzene rings is 1. The number of carboxylic acids is 1. The molecular formula is C12H6F3NO3S. The highest BCUT2D eigenvalue weighted by molar-refractivity contribution is 7.14. The van der Waals surface area contributed by atoms with E-state index in [1.54, 1.807) is 0 Å². The van der Waals surface area contributed by atoms with Crippen LogP contribution in [0.2, 0.25) is 0 Å². The number of anilines is 1. The van der Waals surface area contributed by atoms with Crippen LogP contribution in [-0.2, 0) is 0 Å². The third-order valence-corrected chi connectivity index (χ3v) is 3.20. The van der Waals surface area contributed by atoms with Gasteiger partial charge in [-0.25, -0.2) is 18.0 Å². The summed E-state index contributed by atoms with van der Waals surface area (Å²) in [5, 5.41) is 12.5. The second kappa shape index (κ2) is 5.33. The van der Waals surface area contributed by atoms with Crippen LogP contribution >= 0.6 is 11.3 Å². The van der Waals surface area contributed by atoms with Gasteiger partial charge >= 0.3 is 5.97 Å². The predicted molar refractivity (Wildman–Crippen MR) is 65.5 cm³/mol. The lowest BCUT2D eigenvalue weighted by Crippen LogP contribution is -2.14. The summed E-state index contributed by atoms with van der Waals surface area (Å²) >= 11 is 0.938. The molecule has 8 heteroatoms. The van der Waals surface area contributed by atoms with Gasteiger partial charge in [-0.05, 0) is 23.6 Å². The van der Waals surface area contributed by atoms with Gasteiger partial charge in [-0.1, -0.05) is 0 Å². The average molecular weight is 301 g/mol. The molecule has 1 aromatic carbocycles. The summed E-state index contributed by atoms with van der Waals surface area (Å²) in [7, 11) is 0. The molecule has 2 N–H and O–H groups in total. The molecule has 0 aliphatic carbocycles. The maximum Gasteiger partial charge on any atom is 0.338 e. The smallest absolute Gasteiger partial charge is 0.338 e. The van der Waals surface area contributed by atoms with Crippen molar-refractivity contribution < 1.29 is 27.9 Å². The molecule has 104 valence electrons. The first-order valence-corrected chi connectivity index (χ1v) is 6.04. The Hall–Kier alpha value is -2.35. The van der Waals surface area contributed by atoms with Crippen molar-refractivity contribution in [2.45, 2.75) is 0 Å². The van der Waals surface area contributed by atoms with Crippen LogP contribution in [0.3, 0.4) is 0 Å². The highest BCUT2D eigenvalue weighted by Crippen LogP contribution is 2.24. The van der Waals surface area contributed by atoms with E-state index in [9.17, 15) is 22.8 Å². The molecular weight excluding hydrogens is 295 g/mol. The van der Waals surface area contributed by atoms with Crippen LogP contribution in [0.25, 0.3) is 0 Å². The van der Waals surface area contributed by atoms with Gasteiger partial charge in [0.2, 0.25) is 0 Å². The van der Waals surface area contributed by atoms with Gasteiger partial charge in [-0.3, -0.25) is 4.79 Å². The summed E-state index contributed by atoms with van der Waals surface area (Å²) in [5.41, 5.74) is -0.599. The Morgan fingerprint density at radius 1 is 1.15 bits per heavy atom. The van der Waals surface area contributed by atoms with E-state index in [4.69, 9.17) is 5.11 Å². The van der Waals surface area contributed by atoms with Crippen molar-refractivity contribution in [3.8, 4) is 0 Å². The highest BCUT2D eigenvalue weighted by atomic mass is 32.1. The molecule has 2 aromatic rings. The fraction of sp³-hybridized carbons (Fsp3) is 0. The van der Waals surface area contributed by atoms with Crippen molar-refractivity contribution in [2.75, 3.05) is 5.32 Å². The zero-order valence-electron chi connectivity index (χ0n) is 9.62. The molecule has 0 aliphatic rings. The molecule has 20 heavy (non-hydrogen) atoms. The van der Waals surface area contributed by atoms with E-state index >= 15 is 0 Å². The standard InChI is InChI=1S/C12H6F3NO3S/c13-7-3-5(4-8(14)9(7)15)10(17)16-11-6(12(18)19)1-2-20-11/h1-4H,(H,16,17)(H,18,19). The monoisotopic (exact) mass is 301 g/mol. The van der Waals surface area contributed by atoms with Crippen LogP contribution < -0.4 is 5.32 Å². The molecule has 4 nitrogen and oxygen atoms in total. The molecule has 2 rings (SSSR count). The number of carboxylic acid groups (broad SMARTS) is 1. The fourth-order valence-corrected chi connectivity index (χ4v) is 2.21. The number of carbonyl (C=O) groups excluding carboxylic acids is 1. The summed E-state index contributed by atoms with van der Waals surface area (Å²) in [4.78, 5) is 22.6. The van der Waals surface area contributed by atoms with Gasteiger partial charge in [0.05, 0.1) is 5.56 Å². The number of thiophene rings is 1. The second-order valence-corrected chi connectivity index (χ2v) is 4.59. The lowest BCUT2D eigenvalue weighted by Gasteiger charge is -2.05. The summed E-state index contributed by atoms with van der Waals surface area (Å²) in [6.45, 7) is 0. The van der Waals surface area contributed by atoms with Gasteiger partial charge in [0, 0.05) is 5.56 Å². The largest absolute Gasteiger partial charge is 0.478 e. The molecule has 0 aliphatic heterocycles. The average Bonchev–Trinajstić information content (AvgIpc) is 2.83. The third-order valence-electron chi connectivity index (χ3n) is 2.37. The lowest BCUT2D eigenvalue weighted by molar-refractivity contribution is 0.0698. The van der Waals surface area contributed by atoms with Gasteiger partial charge in [-0.15, -0.1) is 11.3 Å². The van der Waals surface area contributed by atoms with E-state index < -0.39 is 34.9 Å². The van der Waals surface area contributed by atoms with Crippen LogP contribution in [0, 0.1) is 17.5 Å². The van der Waals surface area contributed by atoms with Crippen LogP contribution in [0.4, 0.5) is 18.2 Å². The third kappa shape index (κ3) is 2.64. The first-order chi connectivity index (χ1) is 9.40. The van der Waals surface area contributed by atoms with Crippen molar-refractivity contribution in [3.05, 3.63) is 52.2 Å². The zero-order chi connectivity index (χ0) is 14.9. The Labute approximate surface area is 114 Å². The van der Waals surface area contributed by atoms with Crippen molar-refractivity contribution in [3.63, 3.8) is 0 Å². The number of aromatic carboxylic acids is 1. The van der Waals surface area contributed by atoms with Gasteiger partial charge in [-0.2, -0.15) is 0 Å². The molecule has 0 fully saturated rings. The number of hydrogen-bond acceptors (Lipinski definition) is 3. The molecule has 1 amide bonds. The Balaban J connectivity index is 2.29. The van der Waals surface area contributed by atoms with Crippen LogP contribution in [0.1, 0.15) is 20.7 Å². The Morgan fingerprint density at radius 2 is 1.75 bits per heavy atom. The predicted octanol–water partition coefficient (Wildman–Crippen LogP) is 3.12. The molecule has 0 saturated heterocycles. The quantitative estimate of drug-likeness (QED) is 0.856. The molecule has 0 unspecified atom stereocenters.